The lowest BCUT2D eigenvalue weighted by atomic mass is 10.2. The van der Waals surface area contributed by atoms with Crippen molar-refractivity contribution >= 4 is 58.0 Å². The molecule has 0 radical (unpaired) electrons. The van der Waals surface area contributed by atoms with Gasteiger partial charge in [-0.15, -0.1) is 4.91 Å². The first-order valence-electron chi connectivity index (χ1n) is 8.35. The Kier molecular flexibility index (Phi) is 10.2. The molecular formula is C19H16Cl5NO4. The largest absolute Gasteiger partial charge is 0.493 e. The molecule has 2 aromatic rings. The first-order valence-corrected chi connectivity index (χ1v) is 10.3. The van der Waals surface area contributed by atoms with Crippen LogP contribution >= 0.6 is 58.0 Å². The Balaban J connectivity index is 1.78. The predicted octanol–water partition coefficient (Wildman–Crippen LogP) is 7.54. The van der Waals surface area contributed by atoms with E-state index in [1.165, 1.54) is 6.08 Å². The molecule has 0 amide bonds. The van der Waals surface area contributed by atoms with Gasteiger partial charge in [-0.05, 0) is 28.9 Å². The van der Waals surface area contributed by atoms with E-state index in [1.807, 2.05) is 0 Å². The standard InChI is InChI=1S/C19H16Cl5NO4/c20-15-10-14(28-9-6-17(22)23)11-16(21)18(15)29-8-1-7-27-13-4-2-12(3-5-13)19(24)25-26/h2-6,10-11,19H,1,7-9H2. The molecule has 0 aliphatic heterocycles. The fourth-order valence-corrected chi connectivity index (χ4v) is 3.01. The zero-order valence-corrected chi connectivity index (χ0v) is 18.7. The summed E-state index contributed by atoms with van der Waals surface area (Å²) in [6.07, 6.45) is 2.09. The molecule has 2 aromatic carbocycles. The molecule has 5 nitrogen and oxygen atoms in total. The molecule has 0 spiro atoms. The fourth-order valence-electron chi connectivity index (χ4n) is 2.17. The fraction of sp³-hybridized carbons (Fsp3) is 0.263. The van der Waals surface area contributed by atoms with Crippen LogP contribution < -0.4 is 14.2 Å². The highest BCUT2D eigenvalue weighted by Gasteiger charge is 2.11. The summed E-state index contributed by atoms with van der Waals surface area (Å²) >= 11 is 29.2. The summed E-state index contributed by atoms with van der Waals surface area (Å²) in [5.41, 5.74) is -0.297. The van der Waals surface area contributed by atoms with Gasteiger partial charge in [0.1, 0.15) is 22.6 Å². The van der Waals surface area contributed by atoms with Crippen LogP contribution in [0.1, 0.15) is 17.5 Å². The monoisotopic (exact) mass is 497 g/mol. The van der Waals surface area contributed by atoms with Crippen molar-refractivity contribution in [2.45, 2.75) is 11.9 Å². The second kappa shape index (κ2) is 12.4. The highest BCUT2D eigenvalue weighted by Crippen LogP contribution is 2.37. The molecule has 0 fully saturated rings. The third-order valence-electron chi connectivity index (χ3n) is 3.51. The lowest BCUT2D eigenvalue weighted by molar-refractivity contribution is 0.247. The molecule has 0 bridgehead atoms. The van der Waals surface area contributed by atoms with Gasteiger partial charge in [-0.25, -0.2) is 0 Å². The van der Waals surface area contributed by atoms with Gasteiger partial charge in [0.25, 0.3) is 0 Å². The Hall–Kier alpha value is -1.37. The normalized spacial score (nSPS) is 11.5. The van der Waals surface area contributed by atoms with Crippen LogP contribution in [-0.4, -0.2) is 19.8 Å². The molecule has 1 unspecified atom stereocenters. The quantitative estimate of drug-likeness (QED) is 0.139. The summed E-state index contributed by atoms with van der Waals surface area (Å²) in [6, 6.07) is 9.99. The maximum atomic E-state index is 10.4. The number of nitrogens with zero attached hydrogens (tertiary/aromatic N) is 1. The van der Waals surface area contributed by atoms with E-state index in [-0.39, 0.29) is 11.1 Å². The lowest BCUT2D eigenvalue weighted by Gasteiger charge is -2.12. The van der Waals surface area contributed by atoms with Crippen molar-refractivity contribution in [3.8, 4) is 17.2 Å². The Bertz CT molecular complexity index is 818. The molecule has 0 aliphatic rings. The van der Waals surface area contributed by atoms with Gasteiger partial charge in [-0.2, -0.15) is 0 Å². The Morgan fingerprint density at radius 3 is 2.17 bits per heavy atom. The van der Waals surface area contributed by atoms with E-state index in [1.54, 1.807) is 36.4 Å². The van der Waals surface area contributed by atoms with Gasteiger partial charge in [0, 0.05) is 18.6 Å². The Morgan fingerprint density at radius 2 is 1.59 bits per heavy atom. The van der Waals surface area contributed by atoms with Crippen molar-refractivity contribution in [1.82, 2.24) is 0 Å². The van der Waals surface area contributed by atoms with Crippen molar-refractivity contribution in [2.75, 3.05) is 19.8 Å². The Labute approximate surface area is 193 Å². The van der Waals surface area contributed by atoms with Gasteiger partial charge in [0.05, 0.1) is 23.3 Å². The van der Waals surface area contributed by atoms with E-state index >= 15 is 0 Å². The molecule has 0 N–H and O–H groups in total. The summed E-state index contributed by atoms with van der Waals surface area (Å²) in [5.74, 6) is 1.48. The van der Waals surface area contributed by atoms with Crippen LogP contribution in [0.25, 0.3) is 0 Å². The highest BCUT2D eigenvalue weighted by atomic mass is 35.5. The second-order valence-corrected chi connectivity index (χ2v) is 7.82. The third-order valence-corrected chi connectivity index (χ3v) is 4.71. The van der Waals surface area contributed by atoms with Crippen LogP contribution in [0.15, 0.2) is 52.1 Å². The van der Waals surface area contributed by atoms with Gasteiger partial charge < -0.3 is 14.2 Å². The minimum atomic E-state index is -0.904. The molecule has 0 aromatic heterocycles. The zero-order valence-electron chi connectivity index (χ0n) is 14.9. The van der Waals surface area contributed by atoms with Crippen molar-refractivity contribution < 1.29 is 14.2 Å². The first-order chi connectivity index (χ1) is 13.9. The summed E-state index contributed by atoms with van der Waals surface area (Å²) in [5, 5.41) is 3.41. The van der Waals surface area contributed by atoms with Gasteiger partial charge in [0.15, 0.2) is 11.3 Å². The van der Waals surface area contributed by atoms with E-state index < -0.39 is 5.50 Å². The minimum Gasteiger partial charge on any atom is -0.493 e. The topological polar surface area (TPSA) is 57.1 Å². The summed E-state index contributed by atoms with van der Waals surface area (Å²) in [4.78, 5) is 10.4. The number of benzene rings is 2. The SMILES string of the molecule is O=NC(Cl)c1ccc(OCCCOc2c(Cl)cc(OCC=C(Cl)Cl)cc2Cl)cc1. The van der Waals surface area contributed by atoms with Gasteiger partial charge >= 0.3 is 0 Å². The van der Waals surface area contributed by atoms with E-state index in [0.29, 0.717) is 52.5 Å². The van der Waals surface area contributed by atoms with Gasteiger partial charge in [-0.1, -0.05) is 70.1 Å². The van der Waals surface area contributed by atoms with Crippen LogP contribution in [0.4, 0.5) is 0 Å². The third kappa shape index (κ3) is 8.11. The molecule has 156 valence electrons. The first kappa shape index (κ1) is 23.9. The van der Waals surface area contributed by atoms with Crippen LogP contribution in [0.5, 0.6) is 17.2 Å². The average Bonchev–Trinajstić information content (AvgIpc) is 2.69. The van der Waals surface area contributed by atoms with Crippen LogP contribution in [0, 0.1) is 4.91 Å². The van der Waals surface area contributed by atoms with E-state index in [0.717, 1.165) is 0 Å². The summed E-state index contributed by atoms with van der Waals surface area (Å²) in [6.45, 7) is 0.948. The van der Waals surface area contributed by atoms with Crippen LogP contribution in [-0.2, 0) is 0 Å². The van der Waals surface area contributed by atoms with Crippen molar-refractivity contribution in [3.63, 3.8) is 0 Å². The molecule has 1 atom stereocenters. The van der Waals surface area contributed by atoms with Crippen LogP contribution in [0.2, 0.25) is 10.0 Å². The number of rotatable bonds is 11. The van der Waals surface area contributed by atoms with Crippen LogP contribution in [0.3, 0.4) is 0 Å². The maximum Gasteiger partial charge on any atom is 0.190 e. The molecule has 0 aliphatic carbocycles. The van der Waals surface area contributed by atoms with Crippen molar-refractivity contribution in [1.29, 1.82) is 0 Å². The number of alkyl halides is 1. The number of nitroso groups, excluding NO2 is 1. The van der Waals surface area contributed by atoms with Gasteiger partial charge in [-0.3, -0.25) is 0 Å². The van der Waals surface area contributed by atoms with E-state index in [4.69, 9.17) is 72.2 Å². The molecule has 0 saturated heterocycles. The predicted molar refractivity (Wildman–Crippen MR) is 118 cm³/mol. The smallest absolute Gasteiger partial charge is 0.190 e. The van der Waals surface area contributed by atoms with E-state index in [2.05, 4.69) is 5.18 Å². The average molecular weight is 500 g/mol. The molecule has 29 heavy (non-hydrogen) atoms. The van der Waals surface area contributed by atoms with Crippen molar-refractivity contribution in [3.05, 3.63) is 67.5 Å². The molecule has 0 saturated carbocycles. The second-order valence-electron chi connectivity index (χ2n) is 5.58. The van der Waals surface area contributed by atoms with E-state index in [9.17, 15) is 4.91 Å². The highest BCUT2D eigenvalue weighted by molar-refractivity contribution is 6.55. The van der Waals surface area contributed by atoms with Gasteiger partial charge in [0.2, 0.25) is 0 Å². The Morgan fingerprint density at radius 1 is 0.966 bits per heavy atom. The lowest BCUT2D eigenvalue weighted by Crippen LogP contribution is -2.06. The number of halogens is 5. The molecule has 10 heteroatoms. The number of hydrogen-bond acceptors (Lipinski definition) is 5. The number of ether oxygens (including phenoxy) is 3. The molecular weight excluding hydrogens is 483 g/mol. The maximum absolute atomic E-state index is 10.4. The summed E-state index contributed by atoms with van der Waals surface area (Å²) in [7, 11) is 0. The summed E-state index contributed by atoms with van der Waals surface area (Å²) < 4.78 is 16.8. The minimum absolute atomic E-state index is 0.113. The molecule has 0 heterocycles. The number of hydrogen-bond donors (Lipinski definition) is 0. The van der Waals surface area contributed by atoms with Crippen molar-refractivity contribution in [2.24, 2.45) is 5.18 Å². The molecule has 2 rings (SSSR count). The zero-order chi connectivity index (χ0) is 21.2.